The summed E-state index contributed by atoms with van der Waals surface area (Å²) in [5.41, 5.74) is 0.711. The molecular weight excluding hydrogens is 298 g/mol. The van der Waals surface area contributed by atoms with Crippen LogP contribution in [-0.2, 0) is 20.9 Å². The lowest BCUT2D eigenvalue weighted by atomic mass is 10.0. The molecule has 1 aliphatic heterocycles. The van der Waals surface area contributed by atoms with Crippen LogP contribution in [0.15, 0.2) is 11.6 Å². The van der Waals surface area contributed by atoms with Gasteiger partial charge in [0.2, 0.25) is 0 Å². The van der Waals surface area contributed by atoms with Crippen molar-refractivity contribution in [1.29, 1.82) is 0 Å². The number of carbonyl (C=O) groups is 1. The van der Waals surface area contributed by atoms with Gasteiger partial charge in [-0.25, -0.2) is 4.79 Å². The predicted molar refractivity (Wildman–Crippen MR) is 91.9 cm³/mol. The maximum atomic E-state index is 12.5. The highest BCUT2D eigenvalue weighted by Gasteiger charge is 2.38. The highest BCUT2D eigenvalue weighted by Crippen LogP contribution is 2.28. The molecule has 0 aromatic carbocycles. The molecular formula is C17H31NO3S. The Balaban J connectivity index is 2.65. The van der Waals surface area contributed by atoms with Gasteiger partial charge >= 0.3 is 5.97 Å². The summed E-state index contributed by atoms with van der Waals surface area (Å²) in [6.07, 6.45) is 9.44. The lowest BCUT2D eigenvalue weighted by Crippen LogP contribution is -2.40. The third kappa shape index (κ3) is 5.94. The molecule has 0 fully saturated rings. The molecule has 0 aliphatic carbocycles. The maximum absolute atomic E-state index is 12.5. The molecule has 1 rings (SSSR count). The van der Waals surface area contributed by atoms with Crippen LogP contribution in [-0.4, -0.2) is 39.8 Å². The predicted octanol–water partition coefficient (Wildman–Crippen LogP) is 3.59. The number of carbonyl (C=O) groups excluding carboxylic acids is 1. The molecule has 1 aliphatic rings. The summed E-state index contributed by atoms with van der Waals surface area (Å²) in [7, 11) is 0. The molecule has 0 bridgehead atoms. The molecule has 0 aromatic heterocycles. The topological polar surface area (TPSA) is 52.6 Å². The molecule has 4 nitrogen and oxygen atoms in total. The van der Waals surface area contributed by atoms with Crippen LogP contribution in [0.1, 0.15) is 65.7 Å². The van der Waals surface area contributed by atoms with E-state index in [9.17, 15) is 9.35 Å². The Hall–Kier alpha value is -0.520. The van der Waals surface area contributed by atoms with E-state index in [0.717, 1.165) is 25.7 Å². The number of hydrogen-bond donors (Lipinski definition) is 0. The van der Waals surface area contributed by atoms with E-state index in [1.54, 1.807) is 0 Å². The van der Waals surface area contributed by atoms with Crippen LogP contribution >= 0.6 is 0 Å². The summed E-state index contributed by atoms with van der Waals surface area (Å²) in [5.74, 6) is 0.448. The number of hydrogen-bond acceptors (Lipinski definition) is 4. The van der Waals surface area contributed by atoms with Gasteiger partial charge in [-0.05, 0) is 19.8 Å². The second-order valence-electron chi connectivity index (χ2n) is 5.72. The number of nitrogens with zero attached hydrogens (tertiary/aromatic N) is 1. The van der Waals surface area contributed by atoms with Gasteiger partial charge in [-0.3, -0.25) is 0 Å². The minimum Gasteiger partial charge on any atom is -0.598 e. The fourth-order valence-corrected chi connectivity index (χ4v) is 4.23. The zero-order chi connectivity index (χ0) is 16.4. The summed E-state index contributed by atoms with van der Waals surface area (Å²) >= 11 is -1.00. The number of unbranched alkanes of at least 4 members (excludes halogenated alkanes) is 4. The van der Waals surface area contributed by atoms with Gasteiger partial charge in [-0.1, -0.05) is 52.0 Å². The van der Waals surface area contributed by atoms with Crippen molar-refractivity contribution in [3.8, 4) is 0 Å². The van der Waals surface area contributed by atoms with Gasteiger partial charge in [0.25, 0.3) is 0 Å². The Bertz CT molecular complexity index is 360. The zero-order valence-corrected chi connectivity index (χ0v) is 15.1. The molecule has 0 amide bonds. The molecule has 128 valence electrons. The highest BCUT2D eigenvalue weighted by atomic mass is 32.2. The highest BCUT2D eigenvalue weighted by molar-refractivity contribution is 7.89. The van der Waals surface area contributed by atoms with Crippen LogP contribution in [0.25, 0.3) is 0 Å². The van der Waals surface area contributed by atoms with Crippen molar-refractivity contribution in [2.75, 3.05) is 18.9 Å². The van der Waals surface area contributed by atoms with Crippen LogP contribution in [0.3, 0.4) is 0 Å². The second-order valence-corrected chi connectivity index (χ2v) is 7.24. The fraction of sp³-hybridized carbons (Fsp3) is 0.824. The largest absolute Gasteiger partial charge is 0.598 e. The quantitative estimate of drug-likeness (QED) is 0.330. The van der Waals surface area contributed by atoms with Gasteiger partial charge in [0.1, 0.15) is 5.75 Å². The second kappa shape index (κ2) is 11.1. The zero-order valence-electron chi connectivity index (χ0n) is 14.3. The Morgan fingerprint density at radius 2 is 2.00 bits per heavy atom. The third-order valence-corrected chi connectivity index (χ3v) is 5.54. The Kier molecular flexibility index (Phi) is 9.84. The van der Waals surface area contributed by atoms with Crippen LogP contribution < -0.4 is 0 Å². The minimum absolute atomic E-state index is 0.0337. The maximum Gasteiger partial charge on any atom is 0.335 e. The Morgan fingerprint density at radius 3 is 2.64 bits per heavy atom. The molecule has 22 heavy (non-hydrogen) atoms. The van der Waals surface area contributed by atoms with Crippen molar-refractivity contribution < 1.29 is 14.1 Å². The van der Waals surface area contributed by atoms with E-state index in [2.05, 4.69) is 13.8 Å². The van der Waals surface area contributed by atoms with Crippen LogP contribution in [0, 0.1) is 0 Å². The van der Waals surface area contributed by atoms with Crippen molar-refractivity contribution in [2.45, 2.75) is 71.8 Å². The molecule has 0 unspecified atom stereocenters. The molecule has 0 N–H and O–H groups in total. The average molecular weight is 330 g/mol. The van der Waals surface area contributed by atoms with Crippen molar-refractivity contribution >= 4 is 17.3 Å². The monoisotopic (exact) mass is 329 g/mol. The molecule has 0 saturated carbocycles. The SMILES string of the molecule is CCCCCC[C@H]1C(C(=O)OCC)=CCN1[S@@+]([O-])CCCC. The van der Waals surface area contributed by atoms with Crippen molar-refractivity contribution in [3.05, 3.63) is 11.6 Å². The van der Waals surface area contributed by atoms with Gasteiger partial charge in [-0.15, -0.1) is 4.31 Å². The molecule has 5 heteroatoms. The van der Waals surface area contributed by atoms with E-state index in [4.69, 9.17) is 4.74 Å². The van der Waals surface area contributed by atoms with E-state index in [1.165, 1.54) is 19.3 Å². The van der Waals surface area contributed by atoms with E-state index in [-0.39, 0.29) is 12.0 Å². The van der Waals surface area contributed by atoms with Gasteiger partial charge < -0.3 is 9.29 Å². The van der Waals surface area contributed by atoms with Gasteiger partial charge in [-0.2, -0.15) is 0 Å². The number of esters is 1. The van der Waals surface area contributed by atoms with E-state index in [1.807, 2.05) is 17.3 Å². The summed E-state index contributed by atoms with van der Waals surface area (Å²) in [6, 6.07) is -0.0337. The van der Waals surface area contributed by atoms with Crippen LogP contribution in [0.2, 0.25) is 0 Å². The summed E-state index contributed by atoms with van der Waals surface area (Å²) in [6.45, 7) is 7.10. The first-order valence-electron chi connectivity index (χ1n) is 8.67. The minimum atomic E-state index is -1.00. The molecule has 0 radical (unpaired) electrons. The van der Waals surface area contributed by atoms with Crippen molar-refractivity contribution in [3.63, 3.8) is 0 Å². The molecule has 0 aromatic rings. The van der Waals surface area contributed by atoms with E-state index in [0.29, 0.717) is 24.5 Å². The summed E-state index contributed by atoms with van der Waals surface area (Å²) in [4.78, 5) is 12.1. The fourth-order valence-electron chi connectivity index (χ4n) is 2.71. The third-order valence-electron chi connectivity index (χ3n) is 3.97. The van der Waals surface area contributed by atoms with Gasteiger partial charge in [0.05, 0.1) is 24.8 Å². The van der Waals surface area contributed by atoms with Crippen LogP contribution in [0.5, 0.6) is 0 Å². The summed E-state index contributed by atoms with van der Waals surface area (Å²) < 4.78 is 19.6. The van der Waals surface area contributed by atoms with E-state index < -0.39 is 11.4 Å². The Labute approximate surface area is 138 Å². The lowest BCUT2D eigenvalue weighted by Gasteiger charge is -2.27. The Morgan fingerprint density at radius 1 is 1.27 bits per heavy atom. The molecule has 1 heterocycles. The first-order valence-corrected chi connectivity index (χ1v) is 9.95. The summed E-state index contributed by atoms with van der Waals surface area (Å²) in [5, 5.41) is 0. The van der Waals surface area contributed by atoms with Crippen molar-refractivity contribution in [1.82, 2.24) is 4.31 Å². The standard InChI is InChI=1S/C17H31NO3S/c1-4-7-9-10-11-16-15(17(19)21-6-3)12-13-18(16)22(20)14-8-5-2/h12,16H,4-11,13-14H2,1-3H3/t16-,22-/m0/s1. The molecule has 2 atom stereocenters. The van der Waals surface area contributed by atoms with Crippen LogP contribution in [0.4, 0.5) is 0 Å². The van der Waals surface area contributed by atoms with Gasteiger partial charge in [0, 0.05) is 11.4 Å². The molecule has 0 spiro atoms. The van der Waals surface area contributed by atoms with Crippen molar-refractivity contribution in [2.24, 2.45) is 0 Å². The number of rotatable bonds is 11. The van der Waals surface area contributed by atoms with Gasteiger partial charge in [0.15, 0.2) is 0 Å². The van der Waals surface area contributed by atoms with E-state index >= 15 is 0 Å². The first kappa shape index (κ1) is 19.5. The first-order chi connectivity index (χ1) is 10.7. The normalized spacial score (nSPS) is 20.0. The number of ether oxygens (including phenoxy) is 1. The lowest BCUT2D eigenvalue weighted by molar-refractivity contribution is -0.138. The average Bonchev–Trinajstić information content (AvgIpc) is 2.93. The molecule has 0 saturated heterocycles. The smallest absolute Gasteiger partial charge is 0.335 e.